The Kier molecular flexibility index (Phi) is 6.00. The van der Waals surface area contributed by atoms with Gasteiger partial charge in [-0.15, -0.1) is 0 Å². The molecule has 7 nitrogen and oxygen atoms in total. The summed E-state index contributed by atoms with van der Waals surface area (Å²) >= 11 is 0. The van der Waals surface area contributed by atoms with Crippen LogP contribution in [0.3, 0.4) is 0 Å². The van der Waals surface area contributed by atoms with Crippen molar-refractivity contribution in [1.82, 2.24) is 4.90 Å². The van der Waals surface area contributed by atoms with Gasteiger partial charge in [0, 0.05) is 43.5 Å². The van der Waals surface area contributed by atoms with E-state index in [1.165, 1.54) is 6.07 Å². The van der Waals surface area contributed by atoms with Crippen LogP contribution in [-0.2, 0) is 16.0 Å². The van der Waals surface area contributed by atoms with Crippen molar-refractivity contribution in [3.63, 3.8) is 0 Å². The molecular formula is C18H27N3O4. The maximum atomic E-state index is 12.1. The Morgan fingerprint density at radius 3 is 2.40 bits per heavy atom. The zero-order valence-corrected chi connectivity index (χ0v) is 15.4. The molecule has 0 spiro atoms. The standard InChI is InChI=1S/C18H27N3O4/c1-5-19-8-10-20(11-9-19)15-6-7-16(21(23)24)14(12-15)13-17(22)25-18(2,3)4/h6-7,12H,5,8-11,13H2,1-4H3. The highest BCUT2D eigenvalue weighted by atomic mass is 16.6. The summed E-state index contributed by atoms with van der Waals surface area (Å²) in [5.74, 6) is -0.455. The van der Waals surface area contributed by atoms with Gasteiger partial charge in [-0.25, -0.2) is 0 Å². The van der Waals surface area contributed by atoms with Gasteiger partial charge >= 0.3 is 5.97 Å². The maximum Gasteiger partial charge on any atom is 0.311 e. The molecule has 0 amide bonds. The molecule has 0 bridgehead atoms. The first-order valence-electron chi connectivity index (χ1n) is 8.66. The van der Waals surface area contributed by atoms with Crippen LogP contribution in [0, 0.1) is 10.1 Å². The van der Waals surface area contributed by atoms with Crippen LogP contribution in [0.15, 0.2) is 18.2 Å². The summed E-state index contributed by atoms with van der Waals surface area (Å²) in [5.41, 5.74) is 0.663. The van der Waals surface area contributed by atoms with Gasteiger partial charge in [-0.2, -0.15) is 0 Å². The van der Waals surface area contributed by atoms with E-state index in [0.717, 1.165) is 38.4 Å². The van der Waals surface area contributed by atoms with Crippen molar-refractivity contribution in [2.24, 2.45) is 0 Å². The normalized spacial score (nSPS) is 15.9. The minimum absolute atomic E-state index is 0.0400. The topological polar surface area (TPSA) is 75.9 Å². The number of nitrogens with zero attached hydrogens (tertiary/aromatic N) is 3. The Morgan fingerprint density at radius 1 is 1.24 bits per heavy atom. The van der Waals surface area contributed by atoms with Crippen molar-refractivity contribution in [3.05, 3.63) is 33.9 Å². The Bertz CT molecular complexity index is 632. The lowest BCUT2D eigenvalue weighted by molar-refractivity contribution is -0.385. The smallest absolute Gasteiger partial charge is 0.311 e. The molecule has 7 heteroatoms. The van der Waals surface area contributed by atoms with Crippen LogP contribution in [-0.4, -0.2) is 54.1 Å². The fourth-order valence-corrected chi connectivity index (χ4v) is 2.94. The first-order chi connectivity index (χ1) is 11.7. The number of hydrogen-bond acceptors (Lipinski definition) is 6. The highest BCUT2D eigenvalue weighted by Gasteiger charge is 2.23. The molecule has 1 aromatic rings. The summed E-state index contributed by atoms with van der Waals surface area (Å²) in [7, 11) is 0. The predicted octanol–water partition coefficient (Wildman–Crippen LogP) is 2.62. The van der Waals surface area contributed by atoms with Gasteiger partial charge in [0.25, 0.3) is 5.69 Å². The van der Waals surface area contributed by atoms with E-state index in [1.54, 1.807) is 32.9 Å². The molecule has 1 heterocycles. The van der Waals surface area contributed by atoms with E-state index in [0.29, 0.717) is 5.56 Å². The van der Waals surface area contributed by atoms with Crippen LogP contribution >= 0.6 is 0 Å². The van der Waals surface area contributed by atoms with Gasteiger partial charge in [-0.3, -0.25) is 14.9 Å². The van der Waals surface area contributed by atoms with Crippen LogP contribution < -0.4 is 4.90 Å². The number of carbonyl (C=O) groups excluding carboxylic acids is 1. The van der Waals surface area contributed by atoms with Crippen molar-refractivity contribution >= 4 is 17.3 Å². The van der Waals surface area contributed by atoms with Crippen LogP contribution in [0.1, 0.15) is 33.3 Å². The van der Waals surface area contributed by atoms with Gasteiger partial charge in [0.1, 0.15) is 5.60 Å². The van der Waals surface area contributed by atoms with Crippen molar-refractivity contribution in [2.45, 2.75) is 39.7 Å². The summed E-state index contributed by atoms with van der Waals surface area (Å²) in [5, 5.41) is 11.3. The minimum atomic E-state index is -0.611. The third kappa shape index (κ3) is 5.42. The lowest BCUT2D eigenvalue weighted by atomic mass is 10.1. The second-order valence-corrected chi connectivity index (χ2v) is 7.25. The summed E-state index contributed by atoms with van der Waals surface area (Å²) in [6, 6.07) is 5.00. The van der Waals surface area contributed by atoms with Gasteiger partial charge in [-0.05, 0) is 39.4 Å². The fraction of sp³-hybridized carbons (Fsp3) is 0.611. The summed E-state index contributed by atoms with van der Waals surface area (Å²) in [6.45, 7) is 12.2. The van der Waals surface area contributed by atoms with Gasteiger partial charge in [0.05, 0.1) is 11.3 Å². The average molecular weight is 349 g/mol. The first-order valence-corrected chi connectivity index (χ1v) is 8.66. The monoisotopic (exact) mass is 349 g/mol. The second-order valence-electron chi connectivity index (χ2n) is 7.25. The Balaban J connectivity index is 2.19. The van der Waals surface area contributed by atoms with Crippen LogP contribution in [0.5, 0.6) is 0 Å². The molecule has 25 heavy (non-hydrogen) atoms. The van der Waals surface area contributed by atoms with Crippen molar-refractivity contribution in [2.75, 3.05) is 37.6 Å². The molecule has 1 aliphatic heterocycles. The second kappa shape index (κ2) is 7.82. The quantitative estimate of drug-likeness (QED) is 0.462. The number of nitro benzene ring substituents is 1. The minimum Gasteiger partial charge on any atom is -0.460 e. The van der Waals surface area contributed by atoms with Gasteiger partial charge < -0.3 is 14.5 Å². The van der Waals surface area contributed by atoms with E-state index in [1.807, 2.05) is 0 Å². The van der Waals surface area contributed by atoms with E-state index in [2.05, 4.69) is 16.7 Å². The number of rotatable bonds is 5. The van der Waals surface area contributed by atoms with Gasteiger partial charge in [-0.1, -0.05) is 6.92 Å². The van der Waals surface area contributed by atoms with Crippen LogP contribution in [0.25, 0.3) is 0 Å². The van der Waals surface area contributed by atoms with E-state index >= 15 is 0 Å². The Hall–Kier alpha value is -2.15. The number of carbonyl (C=O) groups is 1. The Morgan fingerprint density at radius 2 is 1.88 bits per heavy atom. The molecule has 0 radical (unpaired) electrons. The highest BCUT2D eigenvalue weighted by Crippen LogP contribution is 2.27. The molecule has 1 aliphatic rings. The van der Waals surface area contributed by atoms with Crippen molar-refractivity contribution < 1.29 is 14.5 Å². The molecule has 1 aromatic carbocycles. The zero-order valence-electron chi connectivity index (χ0n) is 15.4. The van der Waals surface area contributed by atoms with E-state index < -0.39 is 16.5 Å². The molecule has 0 unspecified atom stereocenters. The average Bonchev–Trinajstić information content (AvgIpc) is 2.52. The lowest BCUT2D eigenvalue weighted by Crippen LogP contribution is -2.46. The zero-order chi connectivity index (χ0) is 18.6. The molecule has 0 aromatic heterocycles. The molecular weight excluding hydrogens is 322 g/mol. The molecule has 1 fully saturated rings. The number of nitro groups is 1. The van der Waals surface area contributed by atoms with Crippen molar-refractivity contribution in [3.8, 4) is 0 Å². The van der Waals surface area contributed by atoms with E-state index in [9.17, 15) is 14.9 Å². The SMILES string of the molecule is CCN1CCN(c2ccc([N+](=O)[O-])c(CC(=O)OC(C)(C)C)c2)CC1. The molecule has 138 valence electrons. The molecule has 0 N–H and O–H groups in total. The summed E-state index contributed by atoms with van der Waals surface area (Å²) < 4.78 is 5.31. The predicted molar refractivity (Wildman–Crippen MR) is 97.0 cm³/mol. The van der Waals surface area contributed by atoms with E-state index in [-0.39, 0.29) is 12.1 Å². The fourth-order valence-electron chi connectivity index (χ4n) is 2.94. The highest BCUT2D eigenvalue weighted by molar-refractivity contribution is 5.75. The number of likely N-dealkylation sites (N-methyl/N-ethyl adjacent to an activating group) is 1. The lowest BCUT2D eigenvalue weighted by Gasteiger charge is -2.35. The van der Waals surface area contributed by atoms with Crippen molar-refractivity contribution in [1.29, 1.82) is 0 Å². The first kappa shape index (κ1) is 19.2. The van der Waals surface area contributed by atoms with Crippen LogP contribution in [0.2, 0.25) is 0 Å². The molecule has 2 rings (SSSR count). The number of piperazine rings is 1. The molecule has 0 saturated carbocycles. The number of benzene rings is 1. The van der Waals surface area contributed by atoms with Gasteiger partial charge in [0.2, 0.25) is 0 Å². The largest absolute Gasteiger partial charge is 0.460 e. The number of ether oxygens (including phenoxy) is 1. The Labute approximate surface area is 148 Å². The summed E-state index contributed by atoms with van der Waals surface area (Å²) in [4.78, 5) is 27.5. The third-order valence-corrected chi connectivity index (χ3v) is 4.20. The van der Waals surface area contributed by atoms with Crippen LogP contribution in [0.4, 0.5) is 11.4 Å². The number of esters is 1. The molecule has 0 aliphatic carbocycles. The maximum absolute atomic E-state index is 12.1. The van der Waals surface area contributed by atoms with E-state index in [4.69, 9.17) is 4.74 Å². The third-order valence-electron chi connectivity index (χ3n) is 4.20. The number of anilines is 1. The number of hydrogen-bond donors (Lipinski definition) is 0. The van der Waals surface area contributed by atoms with Gasteiger partial charge in [0.15, 0.2) is 0 Å². The summed E-state index contributed by atoms with van der Waals surface area (Å²) in [6.07, 6.45) is -0.101. The molecule has 1 saturated heterocycles. The molecule has 0 atom stereocenters.